The highest BCUT2D eigenvalue weighted by molar-refractivity contribution is 5.95. The van der Waals surface area contributed by atoms with Crippen molar-refractivity contribution in [2.24, 2.45) is 7.05 Å². The van der Waals surface area contributed by atoms with Gasteiger partial charge in [-0.3, -0.25) is 0 Å². The van der Waals surface area contributed by atoms with Gasteiger partial charge in [0.15, 0.2) is 0 Å². The summed E-state index contributed by atoms with van der Waals surface area (Å²) in [6, 6.07) is 6.85. The zero-order chi connectivity index (χ0) is 15.7. The fraction of sp³-hybridized carbons (Fsp3) is 0.333. The molecule has 2 heterocycles. The minimum absolute atomic E-state index is 0.0522. The Labute approximate surface area is 127 Å². The lowest BCUT2D eigenvalue weighted by molar-refractivity contribution is 0.166. The number of hydrogen-bond acceptors (Lipinski definition) is 3. The quantitative estimate of drug-likeness (QED) is 0.789. The van der Waals surface area contributed by atoms with E-state index in [2.05, 4.69) is 10.6 Å². The molecule has 1 aliphatic heterocycles. The number of fused-ring (bicyclic) bond motifs is 1. The molecule has 116 valence electrons. The molecule has 3 N–H and O–H groups in total. The van der Waals surface area contributed by atoms with E-state index in [0.717, 1.165) is 21.4 Å². The Balaban J connectivity index is 1.70. The molecule has 0 radical (unpaired) electrons. The van der Waals surface area contributed by atoms with E-state index in [-0.39, 0.29) is 6.54 Å². The van der Waals surface area contributed by atoms with Crippen LogP contribution in [0.4, 0.5) is 9.59 Å². The van der Waals surface area contributed by atoms with Crippen LogP contribution in [0.1, 0.15) is 11.7 Å². The van der Waals surface area contributed by atoms with Crippen molar-refractivity contribution in [3.8, 4) is 0 Å². The van der Waals surface area contributed by atoms with Crippen molar-refractivity contribution in [1.82, 2.24) is 20.1 Å². The fourth-order valence-corrected chi connectivity index (χ4v) is 2.69. The van der Waals surface area contributed by atoms with Crippen molar-refractivity contribution in [3.05, 3.63) is 36.0 Å². The Hall–Kier alpha value is -2.54. The Morgan fingerprint density at radius 3 is 2.95 bits per heavy atom. The highest BCUT2D eigenvalue weighted by Gasteiger charge is 2.26. The van der Waals surface area contributed by atoms with Crippen molar-refractivity contribution in [2.75, 3.05) is 19.6 Å². The predicted molar refractivity (Wildman–Crippen MR) is 81.4 cm³/mol. The third kappa shape index (κ3) is 2.50. The van der Waals surface area contributed by atoms with E-state index in [0.29, 0.717) is 13.1 Å². The van der Waals surface area contributed by atoms with Crippen molar-refractivity contribution in [3.63, 3.8) is 0 Å². The summed E-state index contributed by atoms with van der Waals surface area (Å²) in [4.78, 5) is 24.4. The number of aryl methyl sites for hydroxylation is 1. The summed E-state index contributed by atoms with van der Waals surface area (Å²) in [5.74, 6) is 0. The highest BCUT2D eigenvalue weighted by Crippen LogP contribution is 2.25. The van der Waals surface area contributed by atoms with Gasteiger partial charge in [0, 0.05) is 49.3 Å². The van der Waals surface area contributed by atoms with Gasteiger partial charge < -0.3 is 20.3 Å². The highest BCUT2D eigenvalue weighted by atomic mass is 16.3. The molecule has 22 heavy (non-hydrogen) atoms. The molecule has 1 aromatic carbocycles. The van der Waals surface area contributed by atoms with Crippen LogP contribution in [0.3, 0.4) is 0 Å². The zero-order valence-electron chi connectivity index (χ0n) is 12.2. The van der Waals surface area contributed by atoms with Crippen molar-refractivity contribution < 1.29 is 14.7 Å². The smallest absolute Gasteiger partial charge is 0.325 e. The van der Waals surface area contributed by atoms with Gasteiger partial charge in [0.25, 0.3) is 0 Å². The van der Waals surface area contributed by atoms with E-state index in [1.54, 1.807) is 0 Å². The van der Waals surface area contributed by atoms with Gasteiger partial charge in [0.05, 0.1) is 6.10 Å². The number of para-hydroxylation sites is 1. The van der Waals surface area contributed by atoms with Crippen LogP contribution >= 0.6 is 0 Å². The SMILES string of the molecule is Cn1cc([C@@H](O)CNC(=O)N2CCNC2=O)c2ccccc21. The number of carbonyl (C=O) groups is 2. The van der Waals surface area contributed by atoms with Crippen LogP contribution in [0.5, 0.6) is 0 Å². The lowest BCUT2D eigenvalue weighted by Gasteiger charge is -2.16. The molecule has 1 aromatic heterocycles. The van der Waals surface area contributed by atoms with Gasteiger partial charge in [0.1, 0.15) is 0 Å². The number of nitrogens with zero attached hydrogens (tertiary/aromatic N) is 2. The summed E-state index contributed by atoms with van der Waals surface area (Å²) in [5, 5.41) is 16.4. The molecule has 0 saturated carbocycles. The Kier molecular flexibility index (Phi) is 3.72. The van der Waals surface area contributed by atoms with E-state index in [1.165, 1.54) is 0 Å². The van der Waals surface area contributed by atoms with Gasteiger partial charge in [0.2, 0.25) is 0 Å². The first-order valence-corrected chi connectivity index (χ1v) is 7.13. The monoisotopic (exact) mass is 302 g/mol. The van der Waals surface area contributed by atoms with Crippen LogP contribution in [0.25, 0.3) is 10.9 Å². The van der Waals surface area contributed by atoms with Gasteiger partial charge in [-0.2, -0.15) is 0 Å². The molecule has 7 heteroatoms. The lowest BCUT2D eigenvalue weighted by atomic mass is 10.1. The number of rotatable bonds is 3. The molecule has 0 bridgehead atoms. The second-order valence-electron chi connectivity index (χ2n) is 5.30. The van der Waals surface area contributed by atoms with Gasteiger partial charge in [-0.25, -0.2) is 14.5 Å². The van der Waals surface area contributed by atoms with E-state index in [4.69, 9.17) is 0 Å². The summed E-state index contributed by atoms with van der Waals surface area (Å²) in [6.07, 6.45) is 1.02. The number of aromatic nitrogens is 1. The maximum Gasteiger partial charge on any atom is 0.325 e. The number of amides is 4. The van der Waals surface area contributed by atoms with Crippen LogP contribution in [0.2, 0.25) is 0 Å². The number of aliphatic hydroxyl groups is 1. The number of aliphatic hydroxyl groups excluding tert-OH is 1. The second-order valence-corrected chi connectivity index (χ2v) is 5.30. The Morgan fingerprint density at radius 2 is 2.23 bits per heavy atom. The number of nitrogens with one attached hydrogen (secondary N) is 2. The molecular weight excluding hydrogens is 284 g/mol. The molecule has 1 atom stereocenters. The lowest BCUT2D eigenvalue weighted by Crippen LogP contribution is -2.43. The first-order valence-electron chi connectivity index (χ1n) is 7.13. The first kappa shape index (κ1) is 14.4. The number of imide groups is 1. The third-order valence-corrected chi connectivity index (χ3v) is 3.84. The zero-order valence-corrected chi connectivity index (χ0v) is 12.2. The normalized spacial score (nSPS) is 15.9. The van der Waals surface area contributed by atoms with E-state index in [1.807, 2.05) is 42.1 Å². The minimum Gasteiger partial charge on any atom is -0.386 e. The molecule has 7 nitrogen and oxygen atoms in total. The predicted octanol–water partition coefficient (Wildman–Crippen LogP) is 0.947. The van der Waals surface area contributed by atoms with Crippen LogP contribution in [-0.2, 0) is 7.05 Å². The van der Waals surface area contributed by atoms with Crippen LogP contribution in [0.15, 0.2) is 30.5 Å². The first-order chi connectivity index (χ1) is 10.6. The van der Waals surface area contributed by atoms with Crippen LogP contribution in [-0.4, -0.2) is 46.3 Å². The van der Waals surface area contributed by atoms with Crippen molar-refractivity contribution in [2.45, 2.75) is 6.10 Å². The number of hydrogen-bond donors (Lipinski definition) is 3. The van der Waals surface area contributed by atoms with Gasteiger partial charge in [-0.1, -0.05) is 18.2 Å². The summed E-state index contributed by atoms with van der Waals surface area (Å²) in [5.41, 5.74) is 1.77. The molecule has 0 aliphatic carbocycles. The summed E-state index contributed by atoms with van der Waals surface area (Å²) < 4.78 is 1.93. The van der Waals surface area contributed by atoms with Gasteiger partial charge in [-0.05, 0) is 6.07 Å². The molecule has 1 aliphatic rings. The van der Waals surface area contributed by atoms with Gasteiger partial charge >= 0.3 is 12.1 Å². The van der Waals surface area contributed by atoms with E-state index >= 15 is 0 Å². The topological polar surface area (TPSA) is 86.6 Å². The van der Waals surface area contributed by atoms with Crippen molar-refractivity contribution >= 4 is 23.0 Å². The molecule has 3 rings (SSSR count). The van der Waals surface area contributed by atoms with E-state index in [9.17, 15) is 14.7 Å². The number of carbonyl (C=O) groups excluding carboxylic acids is 2. The molecule has 0 spiro atoms. The Bertz CT molecular complexity index is 725. The minimum atomic E-state index is -0.833. The molecule has 4 amide bonds. The molecular formula is C15H18N4O3. The average molecular weight is 302 g/mol. The maximum absolute atomic E-state index is 11.9. The summed E-state index contributed by atoms with van der Waals surface area (Å²) >= 11 is 0. The van der Waals surface area contributed by atoms with Crippen molar-refractivity contribution in [1.29, 1.82) is 0 Å². The largest absolute Gasteiger partial charge is 0.386 e. The third-order valence-electron chi connectivity index (χ3n) is 3.84. The average Bonchev–Trinajstić information content (AvgIpc) is 3.09. The summed E-state index contributed by atoms with van der Waals surface area (Å²) in [7, 11) is 1.91. The van der Waals surface area contributed by atoms with Gasteiger partial charge in [-0.15, -0.1) is 0 Å². The second kappa shape index (κ2) is 5.69. The number of urea groups is 2. The van der Waals surface area contributed by atoms with Crippen LogP contribution in [0, 0.1) is 0 Å². The fourth-order valence-electron chi connectivity index (χ4n) is 2.69. The van der Waals surface area contributed by atoms with Crippen LogP contribution < -0.4 is 10.6 Å². The number of benzene rings is 1. The standard InChI is InChI=1S/C15H18N4O3/c1-18-9-11(10-4-2-3-5-12(10)18)13(20)8-17-15(22)19-7-6-16-14(19)21/h2-5,9,13,20H,6-8H2,1H3,(H,16,21)(H,17,22)/t13-/m0/s1. The summed E-state index contributed by atoms with van der Waals surface area (Å²) in [6.45, 7) is 0.851. The molecule has 1 saturated heterocycles. The molecule has 2 aromatic rings. The molecule has 0 unspecified atom stereocenters. The Morgan fingerprint density at radius 1 is 1.45 bits per heavy atom. The molecule has 1 fully saturated rings. The maximum atomic E-state index is 11.9. The van der Waals surface area contributed by atoms with E-state index < -0.39 is 18.2 Å².